The third kappa shape index (κ3) is 4.15. The number of aliphatic hydroxyl groups excluding tert-OH is 1. The molecule has 0 spiro atoms. The second-order valence-electron chi connectivity index (χ2n) is 6.69. The zero-order valence-corrected chi connectivity index (χ0v) is 16.8. The number of halogens is 2. The van der Waals surface area contributed by atoms with Crippen LogP contribution >= 0.6 is 23.2 Å². The second kappa shape index (κ2) is 7.96. The van der Waals surface area contributed by atoms with Gasteiger partial charge in [0, 0.05) is 42.5 Å². The van der Waals surface area contributed by atoms with Crippen LogP contribution in [0.5, 0.6) is 0 Å². The van der Waals surface area contributed by atoms with Crippen molar-refractivity contribution in [3.63, 3.8) is 0 Å². The Morgan fingerprint density at radius 1 is 1.30 bits per heavy atom. The van der Waals surface area contributed by atoms with Crippen LogP contribution in [0.3, 0.4) is 0 Å². The van der Waals surface area contributed by atoms with Gasteiger partial charge in [-0.25, -0.2) is 0 Å². The zero-order chi connectivity index (χ0) is 19.7. The number of aromatic nitrogens is 2. The van der Waals surface area contributed by atoms with Gasteiger partial charge < -0.3 is 20.6 Å². The molecule has 1 amide bonds. The van der Waals surface area contributed by atoms with Crippen LogP contribution in [0.25, 0.3) is 0 Å². The zero-order valence-electron chi connectivity index (χ0n) is 15.3. The maximum atomic E-state index is 12.6. The molecule has 1 saturated heterocycles. The van der Waals surface area contributed by atoms with Gasteiger partial charge in [-0.1, -0.05) is 23.2 Å². The fourth-order valence-corrected chi connectivity index (χ4v) is 3.60. The summed E-state index contributed by atoms with van der Waals surface area (Å²) in [5, 5.41) is 14.9. The molecule has 146 valence electrons. The first-order valence-corrected chi connectivity index (χ1v) is 9.52. The average Bonchev–Trinajstić information content (AvgIpc) is 2.89. The van der Waals surface area contributed by atoms with E-state index in [1.165, 1.54) is 0 Å². The van der Waals surface area contributed by atoms with Crippen molar-refractivity contribution in [1.29, 1.82) is 0 Å². The van der Waals surface area contributed by atoms with Gasteiger partial charge in [0.1, 0.15) is 11.6 Å². The highest BCUT2D eigenvalue weighted by Crippen LogP contribution is 2.28. The van der Waals surface area contributed by atoms with E-state index in [-0.39, 0.29) is 18.3 Å². The first-order valence-electron chi connectivity index (χ1n) is 8.76. The van der Waals surface area contributed by atoms with Gasteiger partial charge in [0.15, 0.2) is 5.82 Å². The fraction of sp³-hybridized carbons (Fsp3) is 0.444. The number of amides is 1. The molecular formula is C18H23Cl2N5O2. The molecule has 2 aromatic rings. The highest BCUT2D eigenvalue weighted by Gasteiger charge is 2.23. The quantitative estimate of drug-likeness (QED) is 0.806. The third-order valence-electron chi connectivity index (χ3n) is 4.87. The summed E-state index contributed by atoms with van der Waals surface area (Å²) >= 11 is 12.2. The minimum Gasteiger partial charge on any atom is -0.389 e. The number of nitrogens with zero attached hydrogens (tertiary/aromatic N) is 4. The Labute approximate surface area is 168 Å². The number of hydrogen-bond donors (Lipinski definition) is 2. The molecule has 0 aliphatic carbocycles. The molecule has 1 aromatic carbocycles. The van der Waals surface area contributed by atoms with E-state index in [0.717, 1.165) is 5.69 Å². The van der Waals surface area contributed by atoms with Crippen LogP contribution in [0.1, 0.15) is 24.3 Å². The van der Waals surface area contributed by atoms with Crippen molar-refractivity contribution in [3.8, 4) is 0 Å². The summed E-state index contributed by atoms with van der Waals surface area (Å²) in [4.78, 5) is 16.6. The molecule has 9 heteroatoms. The summed E-state index contributed by atoms with van der Waals surface area (Å²) in [5.74, 6) is 0.223. The molecule has 3 N–H and O–H groups in total. The fourth-order valence-electron chi connectivity index (χ4n) is 3.19. The Balaban J connectivity index is 1.62. The van der Waals surface area contributed by atoms with Crippen LogP contribution in [0.2, 0.25) is 10.0 Å². The predicted octanol–water partition coefficient (Wildman–Crippen LogP) is 2.48. The van der Waals surface area contributed by atoms with E-state index in [4.69, 9.17) is 28.9 Å². The number of nitrogens with two attached hydrogens (primary N) is 1. The van der Waals surface area contributed by atoms with Crippen molar-refractivity contribution < 1.29 is 9.90 Å². The van der Waals surface area contributed by atoms with Gasteiger partial charge in [0.05, 0.1) is 11.8 Å². The Hall–Kier alpha value is -1.96. The molecule has 0 bridgehead atoms. The first kappa shape index (κ1) is 19.8. The second-order valence-corrected chi connectivity index (χ2v) is 7.48. The van der Waals surface area contributed by atoms with E-state index in [0.29, 0.717) is 47.5 Å². The maximum absolute atomic E-state index is 12.6. The SMILES string of the molecule is Cc1c(Cl)c(N)nn1CC(=O)N1CCN(c2ccc(Cl)c(C(C)O)c2)CC1. The Morgan fingerprint density at radius 2 is 1.96 bits per heavy atom. The molecule has 1 aliphatic rings. The van der Waals surface area contributed by atoms with Crippen molar-refractivity contribution in [3.05, 3.63) is 39.5 Å². The highest BCUT2D eigenvalue weighted by atomic mass is 35.5. The van der Waals surface area contributed by atoms with Crippen LogP contribution in [-0.4, -0.2) is 51.9 Å². The van der Waals surface area contributed by atoms with Crippen LogP contribution in [0, 0.1) is 6.92 Å². The van der Waals surface area contributed by atoms with Crippen molar-refractivity contribution in [2.24, 2.45) is 0 Å². The smallest absolute Gasteiger partial charge is 0.244 e. The number of aliphatic hydroxyl groups is 1. The minimum absolute atomic E-state index is 0.0160. The average molecular weight is 412 g/mol. The number of nitrogen functional groups attached to an aromatic ring is 1. The third-order valence-corrected chi connectivity index (χ3v) is 5.68. The molecule has 1 atom stereocenters. The Kier molecular flexibility index (Phi) is 5.83. The van der Waals surface area contributed by atoms with Crippen LogP contribution < -0.4 is 10.6 Å². The summed E-state index contributed by atoms with van der Waals surface area (Å²) in [6.07, 6.45) is -0.628. The number of hydrogen-bond acceptors (Lipinski definition) is 5. The Morgan fingerprint density at radius 3 is 2.52 bits per heavy atom. The number of piperazine rings is 1. The van der Waals surface area contributed by atoms with E-state index >= 15 is 0 Å². The topological polar surface area (TPSA) is 87.6 Å². The number of carbonyl (C=O) groups excluding carboxylic acids is 1. The van der Waals surface area contributed by atoms with Crippen molar-refractivity contribution in [1.82, 2.24) is 14.7 Å². The summed E-state index contributed by atoms with van der Waals surface area (Å²) in [7, 11) is 0. The van der Waals surface area contributed by atoms with Gasteiger partial charge in [-0.2, -0.15) is 5.10 Å². The van der Waals surface area contributed by atoms with Gasteiger partial charge in [-0.15, -0.1) is 0 Å². The number of benzene rings is 1. The highest BCUT2D eigenvalue weighted by molar-refractivity contribution is 6.33. The van der Waals surface area contributed by atoms with Gasteiger partial charge in [-0.3, -0.25) is 9.48 Å². The monoisotopic (exact) mass is 411 g/mol. The van der Waals surface area contributed by atoms with Crippen molar-refractivity contribution >= 4 is 40.6 Å². The first-order chi connectivity index (χ1) is 12.8. The lowest BCUT2D eigenvalue weighted by Gasteiger charge is -2.36. The van der Waals surface area contributed by atoms with Gasteiger partial charge in [-0.05, 0) is 32.0 Å². The number of anilines is 2. The van der Waals surface area contributed by atoms with Gasteiger partial charge in [0.25, 0.3) is 0 Å². The molecular weight excluding hydrogens is 389 g/mol. The number of rotatable bonds is 4. The molecule has 1 unspecified atom stereocenters. The summed E-state index contributed by atoms with van der Waals surface area (Å²) in [6.45, 7) is 6.22. The number of carbonyl (C=O) groups is 1. The van der Waals surface area contributed by atoms with Gasteiger partial charge in [0.2, 0.25) is 5.91 Å². The van der Waals surface area contributed by atoms with Crippen molar-refractivity contribution in [2.45, 2.75) is 26.5 Å². The van der Waals surface area contributed by atoms with E-state index < -0.39 is 6.10 Å². The van der Waals surface area contributed by atoms with E-state index in [1.54, 1.807) is 24.6 Å². The lowest BCUT2D eigenvalue weighted by Crippen LogP contribution is -2.49. The summed E-state index contributed by atoms with van der Waals surface area (Å²) in [5.41, 5.74) is 8.08. The van der Waals surface area contributed by atoms with E-state index in [1.807, 2.05) is 17.0 Å². The summed E-state index contributed by atoms with van der Waals surface area (Å²) < 4.78 is 1.54. The molecule has 1 aliphatic heterocycles. The van der Waals surface area contributed by atoms with Gasteiger partial charge >= 0.3 is 0 Å². The molecule has 1 aromatic heterocycles. The standard InChI is InChI=1S/C18H23Cl2N5O2/c1-11-17(20)18(21)22-25(11)10-16(27)24-7-5-23(6-8-24)13-3-4-15(19)14(9-13)12(2)26/h3-4,9,12,26H,5-8,10H2,1-2H3,(H2,21,22). The van der Waals surface area contributed by atoms with Crippen LogP contribution in [-0.2, 0) is 11.3 Å². The lowest BCUT2D eigenvalue weighted by molar-refractivity contribution is -0.132. The molecule has 7 nitrogen and oxygen atoms in total. The van der Waals surface area contributed by atoms with Crippen LogP contribution in [0.15, 0.2) is 18.2 Å². The molecule has 0 radical (unpaired) electrons. The molecule has 0 saturated carbocycles. The van der Waals surface area contributed by atoms with Crippen LogP contribution in [0.4, 0.5) is 11.5 Å². The maximum Gasteiger partial charge on any atom is 0.244 e. The van der Waals surface area contributed by atoms with E-state index in [2.05, 4.69) is 10.00 Å². The molecule has 3 rings (SSSR count). The lowest BCUT2D eigenvalue weighted by atomic mass is 10.1. The normalized spacial score (nSPS) is 15.9. The summed E-state index contributed by atoms with van der Waals surface area (Å²) in [6, 6.07) is 5.64. The Bertz CT molecular complexity index is 845. The van der Waals surface area contributed by atoms with E-state index in [9.17, 15) is 9.90 Å². The molecule has 27 heavy (non-hydrogen) atoms. The molecule has 2 heterocycles. The van der Waals surface area contributed by atoms with Crippen molar-refractivity contribution in [2.75, 3.05) is 36.8 Å². The predicted molar refractivity (Wildman–Crippen MR) is 107 cm³/mol. The minimum atomic E-state index is -0.628. The largest absolute Gasteiger partial charge is 0.389 e. The molecule has 1 fully saturated rings.